The molecule has 61 valence electrons. The van der Waals surface area contributed by atoms with E-state index in [4.69, 9.17) is 0 Å². The molecule has 0 aliphatic rings. The Morgan fingerprint density at radius 2 is 2.36 bits per heavy atom. The minimum Gasteiger partial charge on any atom is -0.348 e. The van der Waals surface area contributed by atoms with Crippen LogP contribution in [-0.4, -0.2) is 9.97 Å². The van der Waals surface area contributed by atoms with Gasteiger partial charge in [-0.3, -0.25) is 0 Å². The Kier molecular flexibility index (Phi) is 3.73. The Balaban J connectivity index is 2.04. The lowest BCUT2D eigenvalue weighted by Crippen LogP contribution is -1.87. The molecule has 0 aliphatic heterocycles. The van der Waals surface area contributed by atoms with Crippen LogP contribution in [0, 0.1) is 6.20 Å². The van der Waals surface area contributed by atoms with Crippen molar-refractivity contribution in [3.05, 3.63) is 18.2 Å². The van der Waals surface area contributed by atoms with Gasteiger partial charge in [-0.2, -0.15) is 0 Å². The summed E-state index contributed by atoms with van der Waals surface area (Å²) in [5.41, 5.74) is 0. The quantitative estimate of drug-likeness (QED) is 0.643. The van der Waals surface area contributed by atoms with Crippen molar-refractivity contribution in [2.75, 3.05) is 0 Å². The van der Waals surface area contributed by atoms with E-state index < -0.39 is 0 Å². The molecule has 0 spiro atoms. The number of unbranched alkanes of at least 4 members (excludes halogenated alkanes) is 3. The third kappa shape index (κ3) is 3.21. The van der Waals surface area contributed by atoms with Crippen LogP contribution in [0.4, 0.5) is 0 Å². The molecular weight excluding hydrogens is 136 g/mol. The van der Waals surface area contributed by atoms with E-state index >= 15 is 0 Å². The first kappa shape index (κ1) is 8.31. The smallest absolute Gasteiger partial charge is 0.108 e. The lowest BCUT2D eigenvalue weighted by atomic mass is 10.1. The fraction of sp³-hybridized carbons (Fsp3) is 0.667. The van der Waals surface area contributed by atoms with Gasteiger partial charge in [0.15, 0.2) is 0 Å². The average molecular weight is 151 g/mol. The van der Waals surface area contributed by atoms with Gasteiger partial charge in [0.2, 0.25) is 0 Å². The summed E-state index contributed by atoms with van der Waals surface area (Å²) in [6, 6.07) is 0. The molecule has 0 bridgehead atoms. The van der Waals surface area contributed by atoms with E-state index in [1.54, 1.807) is 6.20 Å². The van der Waals surface area contributed by atoms with Crippen molar-refractivity contribution in [1.82, 2.24) is 9.97 Å². The minimum absolute atomic E-state index is 1.07. The number of rotatable bonds is 5. The largest absolute Gasteiger partial charge is 0.348 e. The summed E-state index contributed by atoms with van der Waals surface area (Å²) in [5, 5.41) is 0. The Morgan fingerprint density at radius 1 is 1.45 bits per heavy atom. The van der Waals surface area contributed by atoms with Crippen LogP contribution in [0.25, 0.3) is 0 Å². The molecule has 0 aliphatic carbocycles. The van der Waals surface area contributed by atoms with Crippen LogP contribution < -0.4 is 0 Å². The van der Waals surface area contributed by atoms with Gasteiger partial charge < -0.3 is 4.98 Å². The Bertz CT molecular complexity index is 168. The molecule has 0 unspecified atom stereocenters. The van der Waals surface area contributed by atoms with Crippen molar-refractivity contribution >= 4 is 0 Å². The highest BCUT2D eigenvalue weighted by molar-refractivity contribution is 4.85. The van der Waals surface area contributed by atoms with Gasteiger partial charge in [0.1, 0.15) is 12.0 Å². The molecule has 1 rings (SSSR count). The van der Waals surface area contributed by atoms with E-state index in [-0.39, 0.29) is 0 Å². The molecule has 1 radical (unpaired) electrons. The molecule has 2 nitrogen and oxygen atoms in total. The van der Waals surface area contributed by atoms with Gasteiger partial charge in [-0.15, -0.1) is 0 Å². The number of nitrogens with zero attached hydrogens (tertiary/aromatic N) is 1. The molecule has 0 saturated heterocycles. The highest BCUT2D eigenvalue weighted by Gasteiger charge is 1.93. The van der Waals surface area contributed by atoms with Crippen LogP contribution in [0.5, 0.6) is 0 Å². The van der Waals surface area contributed by atoms with Crippen molar-refractivity contribution in [3.8, 4) is 0 Å². The van der Waals surface area contributed by atoms with Gasteiger partial charge in [-0.05, 0) is 6.42 Å². The predicted octanol–water partition coefficient (Wildman–Crippen LogP) is 2.33. The van der Waals surface area contributed by atoms with E-state index in [0.29, 0.717) is 0 Å². The van der Waals surface area contributed by atoms with E-state index in [0.717, 1.165) is 12.2 Å². The topological polar surface area (TPSA) is 28.7 Å². The highest BCUT2D eigenvalue weighted by Crippen LogP contribution is 2.02. The number of hydrogen-bond donors (Lipinski definition) is 1. The Morgan fingerprint density at radius 3 is 3.00 bits per heavy atom. The number of H-pyrrole nitrogens is 1. The van der Waals surface area contributed by atoms with Crippen LogP contribution in [-0.2, 0) is 6.42 Å². The maximum absolute atomic E-state index is 4.03. The van der Waals surface area contributed by atoms with E-state index in [9.17, 15) is 0 Å². The molecule has 2 heteroatoms. The first-order valence-corrected chi connectivity index (χ1v) is 4.34. The lowest BCUT2D eigenvalue weighted by Gasteiger charge is -1.95. The maximum atomic E-state index is 4.03. The van der Waals surface area contributed by atoms with Crippen LogP contribution in [0.15, 0.2) is 6.20 Å². The van der Waals surface area contributed by atoms with Crippen molar-refractivity contribution in [2.24, 2.45) is 0 Å². The van der Waals surface area contributed by atoms with Gasteiger partial charge >= 0.3 is 0 Å². The van der Waals surface area contributed by atoms with Crippen molar-refractivity contribution in [1.29, 1.82) is 0 Å². The van der Waals surface area contributed by atoms with Crippen LogP contribution in [0.3, 0.4) is 0 Å². The second-order valence-corrected chi connectivity index (χ2v) is 2.79. The number of imidazole rings is 1. The number of aryl methyl sites for hydroxylation is 1. The summed E-state index contributed by atoms with van der Waals surface area (Å²) in [6.07, 6.45) is 10.8. The van der Waals surface area contributed by atoms with Crippen molar-refractivity contribution in [3.63, 3.8) is 0 Å². The fourth-order valence-electron chi connectivity index (χ4n) is 1.11. The monoisotopic (exact) mass is 151 g/mol. The van der Waals surface area contributed by atoms with Gasteiger partial charge in [0, 0.05) is 12.6 Å². The molecule has 1 aromatic heterocycles. The molecular formula is C9H15N2. The van der Waals surface area contributed by atoms with Gasteiger partial charge in [-0.1, -0.05) is 26.2 Å². The van der Waals surface area contributed by atoms with Crippen LogP contribution in [0.1, 0.15) is 38.4 Å². The van der Waals surface area contributed by atoms with Crippen LogP contribution in [0.2, 0.25) is 0 Å². The third-order valence-corrected chi connectivity index (χ3v) is 1.77. The summed E-state index contributed by atoms with van der Waals surface area (Å²) in [6.45, 7) is 2.22. The normalized spacial score (nSPS) is 10.3. The van der Waals surface area contributed by atoms with Gasteiger partial charge in [0.25, 0.3) is 0 Å². The standard InChI is InChI=1S/C9H15N2/c1-2-3-4-5-6-9-10-7-8-11-9/h7H,2-6H2,1H3,(H,10,11). The average Bonchev–Trinajstić information content (AvgIpc) is 2.50. The SMILES string of the molecule is CCCCCCc1n[c]c[nH]1. The molecule has 1 N–H and O–H groups in total. The minimum atomic E-state index is 1.07. The van der Waals surface area contributed by atoms with Crippen LogP contribution >= 0.6 is 0 Å². The lowest BCUT2D eigenvalue weighted by molar-refractivity contribution is 0.655. The molecule has 0 saturated carbocycles. The Hall–Kier alpha value is -0.790. The van der Waals surface area contributed by atoms with E-state index in [2.05, 4.69) is 23.1 Å². The zero-order chi connectivity index (χ0) is 7.94. The molecule has 1 heterocycles. The number of nitrogens with one attached hydrogen (secondary N) is 1. The number of aromatic nitrogens is 2. The summed E-state index contributed by atoms with van der Waals surface area (Å²) in [7, 11) is 0. The summed E-state index contributed by atoms with van der Waals surface area (Å²) >= 11 is 0. The zero-order valence-electron chi connectivity index (χ0n) is 7.06. The van der Waals surface area contributed by atoms with Crippen molar-refractivity contribution < 1.29 is 0 Å². The summed E-state index contributed by atoms with van der Waals surface area (Å²) < 4.78 is 0. The molecule has 11 heavy (non-hydrogen) atoms. The summed E-state index contributed by atoms with van der Waals surface area (Å²) in [5.74, 6) is 1.07. The molecule has 1 aromatic rings. The van der Waals surface area contributed by atoms with Gasteiger partial charge in [0.05, 0.1) is 0 Å². The van der Waals surface area contributed by atoms with Gasteiger partial charge in [-0.25, -0.2) is 4.98 Å². The third-order valence-electron chi connectivity index (χ3n) is 1.77. The first-order chi connectivity index (χ1) is 5.43. The van der Waals surface area contributed by atoms with E-state index in [1.807, 2.05) is 0 Å². The second kappa shape index (κ2) is 4.94. The molecule has 0 fully saturated rings. The molecule has 0 amide bonds. The predicted molar refractivity (Wildman–Crippen MR) is 45.3 cm³/mol. The highest BCUT2D eigenvalue weighted by atomic mass is 14.9. The first-order valence-electron chi connectivity index (χ1n) is 4.34. The maximum Gasteiger partial charge on any atom is 0.108 e. The number of hydrogen-bond acceptors (Lipinski definition) is 1. The molecule has 0 atom stereocenters. The summed E-state index contributed by atoms with van der Waals surface area (Å²) in [4.78, 5) is 7.08. The zero-order valence-corrected chi connectivity index (χ0v) is 7.06. The number of aromatic amines is 1. The second-order valence-electron chi connectivity index (χ2n) is 2.79. The molecule has 0 aromatic carbocycles. The Labute approximate surface area is 68.0 Å². The van der Waals surface area contributed by atoms with E-state index in [1.165, 1.54) is 25.7 Å². The fourth-order valence-corrected chi connectivity index (χ4v) is 1.11. The van der Waals surface area contributed by atoms with Crippen molar-refractivity contribution in [2.45, 2.75) is 39.0 Å².